The lowest BCUT2D eigenvalue weighted by Crippen LogP contribution is -1.98. The van der Waals surface area contributed by atoms with Crippen molar-refractivity contribution in [3.8, 4) is 0 Å². The van der Waals surface area contributed by atoms with E-state index in [1.54, 1.807) is 0 Å². The predicted molar refractivity (Wildman–Crippen MR) is 105 cm³/mol. The number of carbonyl (C=O) groups excluding carboxylic acids is 1. The summed E-state index contributed by atoms with van der Waals surface area (Å²) >= 11 is 0. The van der Waals surface area contributed by atoms with Gasteiger partial charge >= 0.3 is 5.97 Å². The quantitative estimate of drug-likeness (QED) is 0.247. The smallest absolute Gasteiger partial charge is 0.305 e. The van der Waals surface area contributed by atoms with Gasteiger partial charge in [0, 0.05) is 6.42 Å². The number of allylic oxidation sites excluding steroid dienone is 4. The Morgan fingerprint density at radius 2 is 1.83 bits per heavy atom. The van der Waals surface area contributed by atoms with Crippen LogP contribution in [-0.2, 0) is 9.53 Å². The van der Waals surface area contributed by atoms with Crippen molar-refractivity contribution in [2.75, 3.05) is 7.11 Å². The molecule has 2 heteroatoms. The fourth-order valence-electron chi connectivity index (χ4n) is 3.05. The monoisotopic (exact) mass is 336 g/mol. The van der Waals surface area contributed by atoms with Crippen LogP contribution in [-0.4, -0.2) is 13.1 Å². The Hall–Kier alpha value is -1.05. The van der Waals surface area contributed by atoms with Crippen LogP contribution >= 0.6 is 0 Å². The standard InChI is InChI=1S/C14H26.C8H14O2/c1-3-4-5-6-7-8-11-14-12-9-10-13(14)2;1-3-4-5-6-7-8(9)10-2/h8,11,13-14H,3-7,9-10,12H2,1-2H3;3-4H,5-7H2,1-2H3/b11-8+;4-3-. The van der Waals surface area contributed by atoms with E-state index in [-0.39, 0.29) is 5.97 Å². The minimum absolute atomic E-state index is 0.121. The third-order valence-corrected chi connectivity index (χ3v) is 4.75. The molecular formula is C22H40O2. The SMILES string of the molecule is C/C=C\CCCC(=O)OC.CCCCCC/C=C/C1CCCC1C. The van der Waals surface area contributed by atoms with E-state index in [0.29, 0.717) is 6.42 Å². The Bertz CT molecular complexity index is 344. The summed E-state index contributed by atoms with van der Waals surface area (Å²) in [5.41, 5.74) is 0. The van der Waals surface area contributed by atoms with Crippen molar-refractivity contribution in [1.29, 1.82) is 0 Å². The highest BCUT2D eigenvalue weighted by atomic mass is 16.5. The average molecular weight is 337 g/mol. The maximum absolute atomic E-state index is 10.5. The molecule has 140 valence electrons. The van der Waals surface area contributed by atoms with E-state index in [1.165, 1.54) is 58.5 Å². The van der Waals surface area contributed by atoms with Gasteiger partial charge in [-0.15, -0.1) is 0 Å². The molecule has 0 heterocycles. The molecule has 0 aromatic rings. The summed E-state index contributed by atoms with van der Waals surface area (Å²) in [7, 11) is 1.41. The van der Waals surface area contributed by atoms with Crippen LogP contribution in [0.4, 0.5) is 0 Å². The van der Waals surface area contributed by atoms with Crippen LogP contribution < -0.4 is 0 Å². The molecule has 0 amide bonds. The van der Waals surface area contributed by atoms with E-state index < -0.39 is 0 Å². The molecule has 0 N–H and O–H groups in total. The van der Waals surface area contributed by atoms with Gasteiger partial charge in [0.25, 0.3) is 0 Å². The molecule has 1 aliphatic carbocycles. The van der Waals surface area contributed by atoms with Gasteiger partial charge in [-0.1, -0.05) is 70.3 Å². The third-order valence-electron chi connectivity index (χ3n) is 4.75. The molecule has 0 aromatic heterocycles. The lowest BCUT2D eigenvalue weighted by atomic mass is 9.97. The van der Waals surface area contributed by atoms with Gasteiger partial charge in [0.15, 0.2) is 0 Å². The summed E-state index contributed by atoms with van der Waals surface area (Å²) in [6.07, 6.45) is 22.5. The van der Waals surface area contributed by atoms with Crippen LogP contribution in [0, 0.1) is 11.8 Å². The second kappa shape index (κ2) is 16.8. The molecule has 0 aromatic carbocycles. The molecule has 24 heavy (non-hydrogen) atoms. The zero-order valence-electron chi connectivity index (χ0n) is 16.6. The first-order valence-corrected chi connectivity index (χ1v) is 10.00. The van der Waals surface area contributed by atoms with Crippen molar-refractivity contribution >= 4 is 5.97 Å². The Labute approximate surface area is 150 Å². The Morgan fingerprint density at radius 3 is 2.42 bits per heavy atom. The fraction of sp³-hybridized carbons (Fsp3) is 0.773. The molecule has 1 rings (SSSR count). The first kappa shape index (κ1) is 22.9. The number of ether oxygens (including phenoxy) is 1. The van der Waals surface area contributed by atoms with Crippen LogP contribution in [0.25, 0.3) is 0 Å². The number of unbranched alkanes of at least 4 members (excludes halogenated alkanes) is 5. The number of carbonyl (C=O) groups is 1. The van der Waals surface area contributed by atoms with Crippen LogP contribution in [0.2, 0.25) is 0 Å². The van der Waals surface area contributed by atoms with E-state index in [9.17, 15) is 4.79 Å². The zero-order valence-corrected chi connectivity index (χ0v) is 16.6. The maximum Gasteiger partial charge on any atom is 0.305 e. The van der Waals surface area contributed by atoms with Crippen molar-refractivity contribution in [3.63, 3.8) is 0 Å². The van der Waals surface area contributed by atoms with Gasteiger partial charge in [-0.3, -0.25) is 4.79 Å². The van der Waals surface area contributed by atoms with E-state index >= 15 is 0 Å². The number of hydrogen-bond acceptors (Lipinski definition) is 2. The third kappa shape index (κ3) is 13.4. The minimum Gasteiger partial charge on any atom is -0.469 e. The van der Waals surface area contributed by atoms with Gasteiger partial charge in [-0.05, 0) is 50.9 Å². The number of esters is 1. The summed E-state index contributed by atoms with van der Waals surface area (Å²) in [5.74, 6) is 1.73. The summed E-state index contributed by atoms with van der Waals surface area (Å²) < 4.78 is 4.47. The van der Waals surface area contributed by atoms with Crippen molar-refractivity contribution < 1.29 is 9.53 Å². The van der Waals surface area contributed by atoms with Gasteiger partial charge in [0.05, 0.1) is 7.11 Å². The van der Waals surface area contributed by atoms with Gasteiger partial charge in [0.2, 0.25) is 0 Å². The summed E-state index contributed by atoms with van der Waals surface area (Å²) in [4.78, 5) is 10.5. The number of rotatable bonds is 10. The van der Waals surface area contributed by atoms with E-state index in [4.69, 9.17) is 0 Å². The molecule has 0 saturated heterocycles. The molecule has 2 nitrogen and oxygen atoms in total. The van der Waals surface area contributed by atoms with Crippen molar-refractivity contribution in [1.82, 2.24) is 0 Å². The van der Waals surface area contributed by atoms with E-state index in [2.05, 4.69) is 30.7 Å². The average Bonchev–Trinajstić information content (AvgIpc) is 3.00. The van der Waals surface area contributed by atoms with Crippen LogP contribution in [0.15, 0.2) is 24.3 Å². The van der Waals surface area contributed by atoms with E-state index in [1.807, 2.05) is 19.1 Å². The zero-order chi connectivity index (χ0) is 18.0. The molecule has 0 radical (unpaired) electrons. The fourth-order valence-corrected chi connectivity index (χ4v) is 3.05. The highest BCUT2D eigenvalue weighted by Gasteiger charge is 2.19. The molecule has 1 fully saturated rings. The molecular weight excluding hydrogens is 296 g/mol. The minimum atomic E-state index is -0.121. The van der Waals surface area contributed by atoms with Crippen LogP contribution in [0.5, 0.6) is 0 Å². The van der Waals surface area contributed by atoms with Crippen molar-refractivity contribution in [2.45, 2.75) is 91.4 Å². The van der Waals surface area contributed by atoms with Gasteiger partial charge < -0.3 is 4.74 Å². The topological polar surface area (TPSA) is 26.3 Å². The highest BCUT2D eigenvalue weighted by molar-refractivity contribution is 5.68. The lowest BCUT2D eigenvalue weighted by molar-refractivity contribution is -0.140. The lowest BCUT2D eigenvalue weighted by Gasteiger charge is -2.08. The molecule has 2 unspecified atom stereocenters. The van der Waals surface area contributed by atoms with Gasteiger partial charge in [-0.2, -0.15) is 0 Å². The summed E-state index contributed by atoms with van der Waals surface area (Å²) in [6.45, 7) is 6.65. The first-order chi connectivity index (χ1) is 11.7. The van der Waals surface area contributed by atoms with Crippen molar-refractivity contribution in [2.24, 2.45) is 11.8 Å². The molecule has 1 saturated carbocycles. The summed E-state index contributed by atoms with van der Waals surface area (Å²) in [5, 5.41) is 0. The first-order valence-electron chi connectivity index (χ1n) is 10.00. The molecule has 0 bridgehead atoms. The largest absolute Gasteiger partial charge is 0.469 e. The van der Waals surface area contributed by atoms with Crippen molar-refractivity contribution in [3.05, 3.63) is 24.3 Å². The Balaban J connectivity index is 0.000000470. The molecule has 2 atom stereocenters. The number of hydrogen-bond donors (Lipinski definition) is 0. The van der Waals surface area contributed by atoms with Crippen LogP contribution in [0.1, 0.15) is 91.4 Å². The van der Waals surface area contributed by atoms with Crippen LogP contribution in [0.3, 0.4) is 0 Å². The Kier molecular flexibility index (Phi) is 16.1. The molecule has 0 spiro atoms. The highest BCUT2D eigenvalue weighted by Crippen LogP contribution is 2.32. The molecule has 0 aliphatic heterocycles. The second-order valence-electron chi connectivity index (χ2n) is 6.89. The van der Waals surface area contributed by atoms with Gasteiger partial charge in [-0.25, -0.2) is 0 Å². The van der Waals surface area contributed by atoms with E-state index in [0.717, 1.165) is 24.7 Å². The second-order valence-corrected chi connectivity index (χ2v) is 6.89. The maximum atomic E-state index is 10.5. The Morgan fingerprint density at radius 1 is 1.08 bits per heavy atom. The number of methoxy groups -OCH3 is 1. The predicted octanol–water partition coefficient (Wildman–Crippen LogP) is 6.86. The van der Waals surface area contributed by atoms with Gasteiger partial charge in [0.1, 0.15) is 0 Å². The summed E-state index contributed by atoms with van der Waals surface area (Å²) in [6, 6.07) is 0. The molecule has 1 aliphatic rings. The normalized spacial score (nSPS) is 20.3.